The van der Waals surface area contributed by atoms with Crippen molar-refractivity contribution in [1.82, 2.24) is 5.32 Å². The zero-order chi connectivity index (χ0) is 14.5. The Morgan fingerprint density at radius 3 is 2.65 bits per heavy atom. The molecule has 1 N–H and O–H groups in total. The van der Waals surface area contributed by atoms with Crippen LogP contribution in [0, 0.1) is 6.92 Å². The molecule has 0 aromatic heterocycles. The monoisotopic (exact) mass is 293 g/mol. The lowest BCUT2D eigenvalue weighted by Gasteiger charge is -2.16. The number of nitrogens with one attached hydrogen (secondary N) is 1. The molecule has 0 radical (unpaired) electrons. The summed E-state index contributed by atoms with van der Waals surface area (Å²) in [6, 6.07) is 8.20. The van der Waals surface area contributed by atoms with Gasteiger partial charge >= 0.3 is 0 Å². The molecule has 1 aromatic carbocycles. The molecule has 0 bridgehead atoms. The van der Waals surface area contributed by atoms with E-state index in [0.29, 0.717) is 11.8 Å². The molecule has 110 valence electrons. The predicted molar refractivity (Wildman–Crippen MR) is 82.9 cm³/mol. The summed E-state index contributed by atoms with van der Waals surface area (Å²) in [5.74, 6) is 0.384. The summed E-state index contributed by atoms with van der Waals surface area (Å²) in [5, 5.41) is 2.58. The van der Waals surface area contributed by atoms with Crippen molar-refractivity contribution in [2.45, 2.75) is 56.6 Å². The van der Waals surface area contributed by atoms with E-state index < -0.39 is 16.0 Å². The zero-order valence-corrected chi connectivity index (χ0v) is 13.0. The molecule has 1 aliphatic carbocycles. The molecule has 2 atom stereocenters. The van der Waals surface area contributed by atoms with Crippen LogP contribution in [0.5, 0.6) is 0 Å². The number of hydrogen-bond acceptors (Lipinski definition) is 2. The minimum Gasteiger partial charge on any atom is -0.352 e. The predicted octanol–water partition coefficient (Wildman–Crippen LogP) is 2.69. The minimum atomic E-state index is -1.17. The van der Waals surface area contributed by atoms with Crippen LogP contribution in [0.2, 0.25) is 0 Å². The van der Waals surface area contributed by atoms with Gasteiger partial charge in [-0.25, -0.2) is 0 Å². The molecule has 0 heterocycles. The van der Waals surface area contributed by atoms with Gasteiger partial charge in [0.25, 0.3) is 0 Å². The third kappa shape index (κ3) is 3.92. The van der Waals surface area contributed by atoms with Gasteiger partial charge in [0, 0.05) is 22.6 Å². The third-order valence-corrected chi connectivity index (χ3v) is 5.62. The van der Waals surface area contributed by atoms with Crippen molar-refractivity contribution >= 4 is 16.7 Å². The van der Waals surface area contributed by atoms with Crippen LogP contribution in [0.1, 0.15) is 43.7 Å². The highest BCUT2D eigenvalue weighted by Crippen LogP contribution is 2.18. The Bertz CT molecular complexity index is 495. The van der Waals surface area contributed by atoms with E-state index in [-0.39, 0.29) is 5.91 Å². The molecule has 2 rings (SSSR count). The topological polar surface area (TPSA) is 46.2 Å². The van der Waals surface area contributed by atoms with Gasteiger partial charge in [0.2, 0.25) is 5.91 Å². The largest absolute Gasteiger partial charge is 0.352 e. The van der Waals surface area contributed by atoms with Gasteiger partial charge in [0.15, 0.2) is 0 Å². The lowest BCUT2D eigenvalue weighted by molar-refractivity contribution is -0.121. The second-order valence-corrected chi connectivity index (χ2v) is 7.34. The fraction of sp³-hybridized carbons (Fsp3) is 0.562. The molecule has 0 saturated heterocycles. The average Bonchev–Trinajstić information content (AvgIpc) is 2.93. The Hall–Kier alpha value is -1.16. The molecule has 0 spiro atoms. The van der Waals surface area contributed by atoms with Crippen molar-refractivity contribution in [3.63, 3.8) is 0 Å². The molecule has 20 heavy (non-hydrogen) atoms. The van der Waals surface area contributed by atoms with E-state index >= 15 is 0 Å². The standard InChI is InChI=1S/C16H23NO2S/c1-12-7-3-4-8-14(12)11-20(19)13(2)16(18)17-15-9-5-6-10-15/h3-4,7-8,13,15H,5-6,9-11H2,1-2H3,(H,17,18). The fourth-order valence-corrected chi connectivity index (χ4v) is 3.75. The van der Waals surface area contributed by atoms with Crippen LogP contribution in [0.25, 0.3) is 0 Å². The maximum Gasteiger partial charge on any atom is 0.235 e. The van der Waals surface area contributed by atoms with Gasteiger partial charge < -0.3 is 5.32 Å². The van der Waals surface area contributed by atoms with Crippen molar-refractivity contribution in [2.24, 2.45) is 0 Å². The molecule has 4 heteroatoms. The van der Waals surface area contributed by atoms with Gasteiger partial charge in [-0.1, -0.05) is 37.1 Å². The molecule has 1 fully saturated rings. The van der Waals surface area contributed by atoms with Crippen LogP contribution >= 0.6 is 0 Å². The van der Waals surface area contributed by atoms with Gasteiger partial charge in [-0.05, 0) is 37.8 Å². The van der Waals surface area contributed by atoms with Crippen LogP contribution in [-0.2, 0) is 21.3 Å². The Kier molecular flexibility index (Phi) is 5.35. The maximum atomic E-state index is 12.3. The molecule has 2 unspecified atom stereocenters. The molecule has 1 aliphatic rings. The number of carbonyl (C=O) groups excluding carboxylic acids is 1. The minimum absolute atomic E-state index is 0.0659. The first kappa shape index (κ1) is 15.2. The van der Waals surface area contributed by atoms with E-state index in [0.717, 1.165) is 24.0 Å². The SMILES string of the molecule is Cc1ccccc1CS(=O)C(C)C(=O)NC1CCCC1. The van der Waals surface area contributed by atoms with Gasteiger partial charge in [-0.3, -0.25) is 9.00 Å². The Labute approximate surface area is 123 Å². The molecule has 0 aliphatic heterocycles. The highest BCUT2D eigenvalue weighted by atomic mass is 32.2. The molecule has 1 amide bonds. The highest BCUT2D eigenvalue weighted by molar-refractivity contribution is 7.85. The number of benzene rings is 1. The van der Waals surface area contributed by atoms with Crippen molar-refractivity contribution in [1.29, 1.82) is 0 Å². The molecule has 3 nitrogen and oxygen atoms in total. The van der Waals surface area contributed by atoms with Gasteiger partial charge in [-0.15, -0.1) is 0 Å². The number of carbonyl (C=O) groups is 1. The summed E-state index contributed by atoms with van der Waals surface area (Å²) >= 11 is 0. The van der Waals surface area contributed by atoms with E-state index in [4.69, 9.17) is 0 Å². The average molecular weight is 293 g/mol. The van der Waals surface area contributed by atoms with Crippen molar-refractivity contribution < 1.29 is 9.00 Å². The van der Waals surface area contributed by atoms with Crippen molar-refractivity contribution in [3.05, 3.63) is 35.4 Å². The maximum absolute atomic E-state index is 12.3. The first-order valence-electron chi connectivity index (χ1n) is 7.30. The zero-order valence-electron chi connectivity index (χ0n) is 12.2. The summed E-state index contributed by atoms with van der Waals surface area (Å²) in [7, 11) is -1.17. The van der Waals surface area contributed by atoms with Crippen LogP contribution in [0.4, 0.5) is 0 Å². The van der Waals surface area contributed by atoms with Crippen LogP contribution in [0.15, 0.2) is 24.3 Å². The molecule has 1 aromatic rings. The van der Waals surface area contributed by atoms with E-state index in [9.17, 15) is 9.00 Å². The second kappa shape index (κ2) is 7.02. The third-order valence-electron chi connectivity index (χ3n) is 4.02. The normalized spacial score (nSPS) is 18.7. The molecular weight excluding hydrogens is 270 g/mol. The number of amides is 1. The van der Waals surface area contributed by atoms with Gasteiger partial charge in [-0.2, -0.15) is 0 Å². The number of rotatable bonds is 5. The van der Waals surface area contributed by atoms with Crippen LogP contribution in [-0.4, -0.2) is 21.4 Å². The van der Waals surface area contributed by atoms with Crippen LogP contribution in [0.3, 0.4) is 0 Å². The van der Waals surface area contributed by atoms with E-state index in [1.165, 1.54) is 12.8 Å². The Morgan fingerprint density at radius 1 is 1.35 bits per heavy atom. The van der Waals surface area contributed by atoms with Crippen molar-refractivity contribution in [3.8, 4) is 0 Å². The summed E-state index contributed by atoms with van der Waals surface area (Å²) in [5.41, 5.74) is 2.19. The second-order valence-electron chi connectivity index (χ2n) is 5.58. The summed E-state index contributed by atoms with van der Waals surface area (Å²) in [4.78, 5) is 12.1. The number of hydrogen-bond donors (Lipinski definition) is 1. The van der Waals surface area contributed by atoms with Crippen molar-refractivity contribution in [2.75, 3.05) is 0 Å². The Balaban J connectivity index is 1.91. The molecular formula is C16H23NO2S. The van der Waals surface area contributed by atoms with E-state index in [2.05, 4.69) is 5.32 Å². The highest BCUT2D eigenvalue weighted by Gasteiger charge is 2.24. The quantitative estimate of drug-likeness (QED) is 0.907. The smallest absolute Gasteiger partial charge is 0.235 e. The van der Waals surface area contributed by atoms with E-state index in [1.807, 2.05) is 31.2 Å². The van der Waals surface area contributed by atoms with Crippen LogP contribution < -0.4 is 5.32 Å². The summed E-state index contributed by atoms with van der Waals surface area (Å²) in [6.45, 7) is 3.77. The summed E-state index contributed by atoms with van der Waals surface area (Å²) < 4.78 is 12.3. The first-order chi connectivity index (χ1) is 9.58. The lowest BCUT2D eigenvalue weighted by Crippen LogP contribution is -2.41. The Morgan fingerprint density at radius 2 is 2.00 bits per heavy atom. The van der Waals surface area contributed by atoms with Gasteiger partial charge in [0.1, 0.15) is 5.25 Å². The molecule has 1 saturated carbocycles. The fourth-order valence-electron chi connectivity index (χ4n) is 2.56. The lowest BCUT2D eigenvalue weighted by atomic mass is 10.1. The first-order valence-corrected chi connectivity index (χ1v) is 8.68. The van der Waals surface area contributed by atoms with E-state index in [1.54, 1.807) is 6.92 Å². The summed E-state index contributed by atoms with van der Waals surface area (Å²) in [6.07, 6.45) is 4.49. The van der Waals surface area contributed by atoms with Gasteiger partial charge in [0.05, 0.1) is 0 Å². The number of aryl methyl sites for hydroxylation is 1.